The Hall–Kier alpha value is -2.70. The SMILES string of the molecule is CCOc1ccc(Cl)cc1NC(=O)c1cc2ccccc2c(N=Nc2cc(CC)c(Cl)cc2S(=O)(=O)O)c1[O-].[Na+]. The number of halogens is 2. The van der Waals surface area contributed by atoms with E-state index >= 15 is 0 Å². The number of benzene rings is 4. The molecule has 4 aromatic rings. The number of hydrogen-bond donors (Lipinski definition) is 2. The predicted octanol–water partition coefficient (Wildman–Crippen LogP) is 4.10. The number of anilines is 1. The first-order chi connectivity index (χ1) is 18.5. The quantitative estimate of drug-likeness (QED) is 0.175. The molecule has 0 unspecified atom stereocenters. The van der Waals surface area contributed by atoms with Gasteiger partial charge in [0.1, 0.15) is 16.3 Å². The summed E-state index contributed by atoms with van der Waals surface area (Å²) in [6, 6.07) is 15.3. The monoisotopic (exact) mass is 609 g/mol. The van der Waals surface area contributed by atoms with E-state index in [1.165, 1.54) is 18.2 Å². The summed E-state index contributed by atoms with van der Waals surface area (Å²) in [6.07, 6.45) is 0.450. The number of carbonyl (C=O) groups is 1. The van der Waals surface area contributed by atoms with Crippen LogP contribution in [0.15, 0.2) is 75.8 Å². The zero-order valence-corrected chi connectivity index (χ0v) is 26.1. The largest absolute Gasteiger partial charge is 1.00 e. The molecule has 0 heterocycles. The van der Waals surface area contributed by atoms with E-state index in [2.05, 4.69) is 15.5 Å². The number of carbonyl (C=O) groups excluding carboxylic acids is 1. The van der Waals surface area contributed by atoms with Crippen molar-refractivity contribution in [2.24, 2.45) is 10.2 Å². The van der Waals surface area contributed by atoms with Crippen molar-refractivity contribution in [3.63, 3.8) is 0 Å². The van der Waals surface area contributed by atoms with Crippen LogP contribution in [0.4, 0.5) is 17.1 Å². The summed E-state index contributed by atoms with van der Waals surface area (Å²) < 4.78 is 39.2. The number of nitrogens with one attached hydrogen (secondary N) is 1. The third-order valence-electron chi connectivity index (χ3n) is 5.75. The van der Waals surface area contributed by atoms with Gasteiger partial charge in [0.15, 0.2) is 0 Å². The Bertz CT molecular complexity index is 1730. The van der Waals surface area contributed by atoms with Gasteiger partial charge in [0.2, 0.25) is 0 Å². The van der Waals surface area contributed by atoms with Crippen LogP contribution < -0.4 is 44.7 Å². The Morgan fingerprint density at radius 2 is 1.77 bits per heavy atom. The minimum Gasteiger partial charge on any atom is -0.870 e. The van der Waals surface area contributed by atoms with E-state index in [1.54, 1.807) is 50.2 Å². The van der Waals surface area contributed by atoms with Gasteiger partial charge in [0, 0.05) is 21.0 Å². The Balaban J connectivity index is 0.00000441. The second-order valence-corrected chi connectivity index (χ2v) is 10.5. The average Bonchev–Trinajstić information content (AvgIpc) is 2.89. The molecule has 0 atom stereocenters. The van der Waals surface area contributed by atoms with Crippen molar-refractivity contribution in [1.29, 1.82) is 0 Å². The number of azo groups is 1. The van der Waals surface area contributed by atoms with Crippen LogP contribution in [0.3, 0.4) is 0 Å². The van der Waals surface area contributed by atoms with Crippen molar-refractivity contribution < 1.29 is 57.2 Å². The van der Waals surface area contributed by atoms with E-state index < -0.39 is 26.7 Å². The number of fused-ring (bicyclic) bond motifs is 1. The van der Waals surface area contributed by atoms with Gasteiger partial charge < -0.3 is 15.2 Å². The van der Waals surface area contributed by atoms with Crippen LogP contribution in [-0.4, -0.2) is 25.5 Å². The molecule has 0 fully saturated rings. The molecule has 0 aliphatic heterocycles. The minimum absolute atomic E-state index is 0. The smallest absolute Gasteiger partial charge is 0.870 e. The molecule has 13 heteroatoms. The van der Waals surface area contributed by atoms with E-state index in [1.807, 2.05) is 0 Å². The standard InChI is InChI=1S/C27H23Cl2N3O6S.Na/c1-3-15-12-22(24(14-20(15)29)39(35,36)37)31-32-25-18-8-6-5-7-16(18)11-19(26(25)33)27(34)30-21-13-17(28)9-10-23(21)38-4-2;/h5-14,33H,3-4H2,1-2H3,(H,30,34)(H,35,36,37);/q;+1/p-1. The van der Waals surface area contributed by atoms with Crippen LogP contribution in [0.1, 0.15) is 29.8 Å². The van der Waals surface area contributed by atoms with Gasteiger partial charge in [-0.15, -0.1) is 5.11 Å². The summed E-state index contributed by atoms with van der Waals surface area (Å²) in [5, 5.41) is 25.6. The van der Waals surface area contributed by atoms with Crippen molar-refractivity contribution in [1.82, 2.24) is 0 Å². The molecule has 0 saturated heterocycles. The van der Waals surface area contributed by atoms with Crippen molar-refractivity contribution in [3.05, 3.63) is 81.8 Å². The zero-order chi connectivity index (χ0) is 28.3. The van der Waals surface area contributed by atoms with Crippen LogP contribution in [-0.2, 0) is 16.5 Å². The second kappa shape index (κ2) is 13.3. The summed E-state index contributed by atoms with van der Waals surface area (Å²) in [5.41, 5.74) is 0.201. The van der Waals surface area contributed by atoms with E-state index in [0.29, 0.717) is 40.1 Å². The summed E-state index contributed by atoms with van der Waals surface area (Å²) in [7, 11) is -4.71. The maximum Gasteiger partial charge on any atom is 1.00 e. The van der Waals surface area contributed by atoms with Gasteiger partial charge in [0.25, 0.3) is 16.0 Å². The number of aryl methyl sites for hydroxylation is 1. The summed E-state index contributed by atoms with van der Waals surface area (Å²) >= 11 is 12.2. The predicted molar refractivity (Wildman–Crippen MR) is 149 cm³/mol. The third-order valence-corrected chi connectivity index (χ3v) is 7.22. The average molecular weight is 610 g/mol. The number of rotatable bonds is 8. The molecule has 0 aliphatic carbocycles. The first kappa shape index (κ1) is 31.8. The van der Waals surface area contributed by atoms with Gasteiger partial charge in [0.05, 0.1) is 18.0 Å². The van der Waals surface area contributed by atoms with E-state index in [9.17, 15) is 22.9 Å². The summed E-state index contributed by atoms with van der Waals surface area (Å²) in [4.78, 5) is 12.7. The topological polar surface area (TPSA) is 140 Å². The van der Waals surface area contributed by atoms with Gasteiger partial charge >= 0.3 is 29.6 Å². The number of hydrogen-bond acceptors (Lipinski definition) is 7. The fraction of sp³-hybridized carbons (Fsp3) is 0.148. The molecule has 0 saturated carbocycles. The molecule has 9 nitrogen and oxygen atoms in total. The number of ether oxygens (including phenoxy) is 1. The number of amides is 1. The molecule has 0 radical (unpaired) electrons. The normalized spacial score (nSPS) is 11.4. The van der Waals surface area contributed by atoms with Crippen molar-refractivity contribution in [2.45, 2.75) is 25.2 Å². The molecule has 0 bridgehead atoms. The molecule has 202 valence electrons. The van der Waals surface area contributed by atoms with Crippen LogP contribution >= 0.6 is 23.2 Å². The molecular formula is C27H22Cl2N3NaO6S. The Labute approximate surface area is 263 Å². The first-order valence-electron chi connectivity index (χ1n) is 11.7. The van der Waals surface area contributed by atoms with Crippen molar-refractivity contribution in [2.75, 3.05) is 11.9 Å². The molecule has 4 rings (SSSR count). The van der Waals surface area contributed by atoms with Gasteiger partial charge in [-0.05, 0) is 60.7 Å². The van der Waals surface area contributed by atoms with Crippen LogP contribution in [0.2, 0.25) is 10.0 Å². The van der Waals surface area contributed by atoms with Crippen LogP contribution in [0, 0.1) is 0 Å². The molecule has 1 amide bonds. The zero-order valence-electron chi connectivity index (χ0n) is 21.7. The summed E-state index contributed by atoms with van der Waals surface area (Å²) in [5.74, 6) is -1.10. The van der Waals surface area contributed by atoms with Gasteiger partial charge in [-0.1, -0.05) is 60.1 Å². The van der Waals surface area contributed by atoms with Gasteiger partial charge in [-0.3, -0.25) is 9.35 Å². The Kier molecular flexibility index (Phi) is 10.6. The summed E-state index contributed by atoms with van der Waals surface area (Å²) in [6.45, 7) is 3.93. The fourth-order valence-electron chi connectivity index (χ4n) is 3.89. The second-order valence-electron chi connectivity index (χ2n) is 8.29. The Morgan fingerprint density at radius 1 is 1.05 bits per heavy atom. The van der Waals surface area contributed by atoms with E-state index in [4.69, 9.17) is 27.9 Å². The number of nitrogens with zero attached hydrogens (tertiary/aromatic N) is 2. The molecule has 40 heavy (non-hydrogen) atoms. The fourth-order valence-corrected chi connectivity index (χ4v) is 5.06. The molecule has 0 aromatic heterocycles. The van der Waals surface area contributed by atoms with E-state index in [-0.39, 0.29) is 57.2 Å². The first-order valence-corrected chi connectivity index (χ1v) is 13.9. The molecule has 0 aliphatic rings. The Morgan fingerprint density at radius 3 is 2.45 bits per heavy atom. The third kappa shape index (κ3) is 6.95. The molecule has 4 aromatic carbocycles. The van der Waals surface area contributed by atoms with Gasteiger partial charge in [-0.2, -0.15) is 13.5 Å². The van der Waals surface area contributed by atoms with Gasteiger partial charge in [-0.25, -0.2) is 0 Å². The minimum atomic E-state index is -4.71. The molecule has 2 N–H and O–H groups in total. The van der Waals surface area contributed by atoms with Crippen molar-refractivity contribution in [3.8, 4) is 11.5 Å². The van der Waals surface area contributed by atoms with Crippen molar-refractivity contribution >= 4 is 67.1 Å². The van der Waals surface area contributed by atoms with E-state index in [0.717, 1.165) is 6.07 Å². The molecule has 0 spiro atoms. The maximum atomic E-state index is 13.5. The molecular weight excluding hydrogens is 588 g/mol. The van der Waals surface area contributed by atoms with Crippen LogP contribution in [0.25, 0.3) is 10.8 Å². The maximum absolute atomic E-state index is 13.5. The van der Waals surface area contributed by atoms with Crippen LogP contribution in [0.5, 0.6) is 11.5 Å².